The van der Waals surface area contributed by atoms with Gasteiger partial charge in [-0.25, -0.2) is 4.79 Å². The Balaban J connectivity index is 2.06. The van der Waals surface area contributed by atoms with E-state index in [2.05, 4.69) is 10.1 Å². The van der Waals surface area contributed by atoms with Crippen LogP contribution in [0.3, 0.4) is 0 Å². The third-order valence-corrected chi connectivity index (χ3v) is 3.18. The van der Waals surface area contributed by atoms with Gasteiger partial charge in [0.15, 0.2) is 5.82 Å². The molecule has 0 unspecified atom stereocenters. The van der Waals surface area contributed by atoms with Crippen LogP contribution in [0.1, 0.15) is 44.8 Å². The molecule has 1 aliphatic rings. The van der Waals surface area contributed by atoms with Crippen LogP contribution in [-0.4, -0.2) is 45.9 Å². The molecule has 2 rings (SSSR count). The first kappa shape index (κ1) is 14.8. The van der Waals surface area contributed by atoms with Gasteiger partial charge >= 0.3 is 6.09 Å². The predicted octanol–water partition coefficient (Wildman–Crippen LogP) is 1.43. The number of aryl methyl sites for hydroxylation is 1. The van der Waals surface area contributed by atoms with Crippen LogP contribution in [0.25, 0.3) is 0 Å². The maximum atomic E-state index is 12.1. The Hall–Kier alpha value is -1.63. The summed E-state index contributed by atoms with van der Waals surface area (Å²) in [6.45, 7) is 8.32. The van der Waals surface area contributed by atoms with E-state index >= 15 is 0 Å². The summed E-state index contributed by atoms with van der Waals surface area (Å²) in [6, 6.07) is -0.0893. The van der Waals surface area contributed by atoms with Crippen LogP contribution in [0.5, 0.6) is 0 Å². The molecule has 1 saturated heterocycles. The Morgan fingerprint density at radius 2 is 2.20 bits per heavy atom. The van der Waals surface area contributed by atoms with Crippen LogP contribution in [0.2, 0.25) is 0 Å². The van der Waals surface area contributed by atoms with Crippen molar-refractivity contribution in [2.24, 2.45) is 5.73 Å². The lowest BCUT2D eigenvalue weighted by atomic mass is 9.93. The molecule has 0 bridgehead atoms. The Morgan fingerprint density at radius 3 is 2.75 bits per heavy atom. The number of amides is 1. The number of hydrogen-bond donors (Lipinski definition) is 1. The first-order valence-corrected chi connectivity index (χ1v) is 6.80. The van der Waals surface area contributed by atoms with Gasteiger partial charge in [0.2, 0.25) is 5.89 Å². The van der Waals surface area contributed by atoms with Gasteiger partial charge in [0.1, 0.15) is 5.60 Å². The predicted molar refractivity (Wildman–Crippen MR) is 72.2 cm³/mol. The summed E-state index contributed by atoms with van der Waals surface area (Å²) < 4.78 is 10.6. The molecule has 1 amide bonds. The highest BCUT2D eigenvalue weighted by Gasteiger charge is 2.35. The van der Waals surface area contributed by atoms with Crippen molar-refractivity contribution in [3.63, 3.8) is 0 Å². The van der Waals surface area contributed by atoms with Crippen molar-refractivity contribution in [2.45, 2.75) is 51.7 Å². The molecule has 1 aromatic rings. The minimum atomic E-state index is -0.507. The van der Waals surface area contributed by atoms with Gasteiger partial charge < -0.3 is 19.9 Å². The molecule has 1 fully saturated rings. The van der Waals surface area contributed by atoms with Crippen LogP contribution in [0.4, 0.5) is 4.79 Å². The second-order valence-electron chi connectivity index (χ2n) is 6.17. The van der Waals surface area contributed by atoms with Crippen LogP contribution >= 0.6 is 0 Å². The normalized spacial score (nSPS) is 23.8. The molecule has 2 atom stereocenters. The number of carbonyl (C=O) groups is 1. The van der Waals surface area contributed by atoms with Crippen LogP contribution in [0.15, 0.2) is 4.52 Å². The van der Waals surface area contributed by atoms with Crippen molar-refractivity contribution >= 4 is 6.09 Å². The van der Waals surface area contributed by atoms with Gasteiger partial charge in [-0.2, -0.15) is 4.98 Å². The zero-order valence-corrected chi connectivity index (χ0v) is 12.4. The van der Waals surface area contributed by atoms with Crippen molar-refractivity contribution in [1.82, 2.24) is 15.0 Å². The van der Waals surface area contributed by atoms with E-state index < -0.39 is 5.60 Å². The fourth-order valence-corrected chi connectivity index (χ4v) is 2.19. The van der Waals surface area contributed by atoms with E-state index in [9.17, 15) is 4.79 Å². The molecular weight excluding hydrogens is 260 g/mol. The summed E-state index contributed by atoms with van der Waals surface area (Å²) in [5.74, 6) is 0.919. The lowest BCUT2D eigenvalue weighted by Crippen LogP contribution is -2.49. The number of piperidine rings is 1. The van der Waals surface area contributed by atoms with E-state index in [4.69, 9.17) is 15.0 Å². The van der Waals surface area contributed by atoms with E-state index in [1.165, 1.54) is 0 Å². The molecule has 1 aliphatic heterocycles. The number of ether oxygens (including phenoxy) is 1. The van der Waals surface area contributed by atoms with Gasteiger partial charge in [-0.1, -0.05) is 5.16 Å². The number of aromatic nitrogens is 2. The van der Waals surface area contributed by atoms with Gasteiger partial charge in [-0.3, -0.25) is 0 Å². The minimum Gasteiger partial charge on any atom is -0.444 e. The first-order valence-electron chi connectivity index (χ1n) is 6.80. The van der Waals surface area contributed by atoms with Crippen LogP contribution < -0.4 is 5.73 Å². The Kier molecular flexibility index (Phi) is 3.99. The Labute approximate surface area is 118 Å². The standard InChI is InChI=1S/C13H22N4O3/c1-8-15-11(20-16-8)9-7-17(6-5-10(9)14)12(18)19-13(2,3)4/h9-10H,5-7,14H2,1-4H3/t9-,10-/m1/s1. The lowest BCUT2D eigenvalue weighted by molar-refractivity contribution is 0.0175. The average molecular weight is 282 g/mol. The highest BCUT2D eigenvalue weighted by atomic mass is 16.6. The largest absolute Gasteiger partial charge is 0.444 e. The van der Waals surface area contributed by atoms with E-state index in [1.807, 2.05) is 20.8 Å². The van der Waals surface area contributed by atoms with Gasteiger partial charge in [-0.15, -0.1) is 0 Å². The molecule has 0 radical (unpaired) electrons. The lowest BCUT2D eigenvalue weighted by Gasteiger charge is -2.35. The highest BCUT2D eigenvalue weighted by molar-refractivity contribution is 5.68. The molecule has 0 spiro atoms. The zero-order chi connectivity index (χ0) is 14.9. The molecule has 7 nitrogen and oxygen atoms in total. The SMILES string of the molecule is Cc1noc([C@@H]2CN(C(=O)OC(C)(C)C)CC[C@H]2N)n1. The molecule has 112 valence electrons. The van der Waals surface area contributed by atoms with Crippen molar-refractivity contribution < 1.29 is 14.1 Å². The van der Waals surface area contributed by atoms with Gasteiger partial charge in [-0.05, 0) is 34.1 Å². The highest BCUT2D eigenvalue weighted by Crippen LogP contribution is 2.26. The third-order valence-electron chi connectivity index (χ3n) is 3.18. The van der Waals surface area contributed by atoms with Crippen LogP contribution in [-0.2, 0) is 4.74 Å². The summed E-state index contributed by atoms with van der Waals surface area (Å²) in [5, 5.41) is 3.78. The number of rotatable bonds is 1. The number of likely N-dealkylation sites (tertiary alicyclic amines) is 1. The van der Waals surface area contributed by atoms with Crippen molar-refractivity contribution in [3.05, 3.63) is 11.7 Å². The fourth-order valence-electron chi connectivity index (χ4n) is 2.19. The van der Waals surface area contributed by atoms with E-state index in [0.717, 1.165) is 0 Å². The molecule has 1 aromatic heterocycles. The second kappa shape index (κ2) is 5.40. The van der Waals surface area contributed by atoms with E-state index in [-0.39, 0.29) is 18.1 Å². The molecule has 20 heavy (non-hydrogen) atoms. The maximum Gasteiger partial charge on any atom is 0.410 e. The van der Waals surface area contributed by atoms with Crippen molar-refractivity contribution in [2.75, 3.05) is 13.1 Å². The molecule has 0 aliphatic carbocycles. The summed E-state index contributed by atoms with van der Waals surface area (Å²) in [7, 11) is 0. The molecular formula is C13H22N4O3. The zero-order valence-electron chi connectivity index (χ0n) is 12.4. The number of hydrogen-bond acceptors (Lipinski definition) is 6. The smallest absolute Gasteiger partial charge is 0.410 e. The van der Waals surface area contributed by atoms with Gasteiger partial charge in [0.05, 0.1) is 5.92 Å². The number of carbonyl (C=O) groups excluding carboxylic acids is 1. The number of nitrogens with two attached hydrogens (primary N) is 1. The van der Waals surface area contributed by atoms with Gasteiger partial charge in [0, 0.05) is 19.1 Å². The molecule has 2 N–H and O–H groups in total. The average Bonchev–Trinajstić information content (AvgIpc) is 2.74. The molecule has 2 heterocycles. The molecule has 7 heteroatoms. The topological polar surface area (TPSA) is 94.5 Å². The first-order chi connectivity index (χ1) is 9.26. The summed E-state index contributed by atoms with van der Waals surface area (Å²) in [6.07, 6.45) is 0.358. The quantitative estimate of drug-likeness (QED) is 0.837. The Morgan fingerprint density at radius 1 is 1.50 bits per heavy atom. The maximum absolute atomic E-state index is 12.1. The summed E-state index contributed by atoms with van der Waals surface area (Å²) in [4.78, 5) is 18.0. The summed E-state index contributed by atoms with van der Waals surface area (Å²) in [5.41, 5.74) is 5.60. The minimum absolute atomic E-state index is 0.0893. The fraction of sp³-hybridized carbons (Fsp3) is 0.769. The number of nitrogens with zero attached hydrogens (tertiary/aromatic N) is 3. The molecule has 0 aromatic carbocycles. The summed E-state index contributed by atoms with van der Waals surface area (Å²) >= 11 is 0. The molecule has 0 saturated carbocycles. The van der Waals surface area contributed by atoms with E-state index in [0.29, 0.717) is 31.2 Å². The van der Waals surface area contributed by atoms with Crippen molar-refractivity contribution in [1.29, 1.82) is 0 Å². The van der Waals surface area contributed by atoms with Gasteiger partial charge in [0.25, 0.3) is 0 Å². The third kappa shape index (κ3) is 3.47. The van der Waals surface area contributed by atoms with E-state index in [1.54, 1.807) is 11.8 Å². The second-order valence-corrected chi connectivity index (χ2v) is 6.17. The monoisotopic (exact) mass is 282 g/mol. The van der Waals surface area contributed by atoms with Crippen molar-refractivity contribution in [3.8, 4) is 0 Å². The van der Waals surface area contributed by atoms with Crippen LogP contribution in [0, 0.1) is 6.92 Å². The Bertz CT molecular complexity index is 480.